The monoisotopic (exact) mass is 287 g/mol. The second-order valence-corrected chi connectivity index (χ2v) is 5.95. The van der Waals surface area contributed by atoms with Crippen LogP contribution in [0.1, 0.15) is 30.0 Å². The predicted octanol–water partition coefficient (Wildman–Crippen LogP) is 2.93. The van der Waals surface area contributed by atoms with E-state index in [0.717, 1.165) is 22.0 Å². The third kappa shape index (κ3) is 3.81. The van der Waals surface area contributed by atoms with E-state index in [-0.39, 0.29) is 5.69 Å². The number of primary amides is 1. The minimum absolute atomic E-state index is 0.205. The molecule has 5 heteroatoms. The summed E-state index contributed by atoms with van der Waals surface area (Å²) in [5.41, 5.74) is 6.38. The molecule has 0 unspecified atom stereocenters. The lowest BCUT2D eigenvalue weighted by Crippen LogP contribution is -2.15. The van der Waals surface area contributed by atoms with Gasteiger partial charge in [-0.2, -0.15) is 0 Å². The SMILES string of the molecule is CC(C)Cc1ncc(C(N)=O)nc1Sc1ccccc1. The predicted molar refractivity (Wildman–Crippen MR) is 79.7 cm³/mol. The molecular formula is C15H17N3OS. The number of rotatable bonds is 5. The Morgan fingerprint density at radius 3 is 2.60 bits per heavy atom. The molecule has 0 aliphatic rings. The number of aromatic nitrogens is 2. The largest absolute Gasteiger partial charge is 0.364 e. The van der Waals surface area contributed by atoms with Gasteiger partial charge in [-0.15, -0.1) is 0 Å². The van der Waals surface area contributed by atoms with Crippen molar-refractivity contribution in [2.75, 3.05) is 0 Å². The number of carbonyl (C=O) groups is 1. The minimum atomic E-state index is -0.552. The van der Waals surface area contributed by atoms with Crippen LogP contribution in [0, 0.1) is 5.92 Å². The summed E-state index contributed by atoms with van der Waals surface area (Å²) < 4.78 is 0. The van der Waals surface area contributed by atoms with Crippen LogP contribution in [0.3, 0.4) is 0 Å². The van der Waals surface area contributed by atoms with Crippen molar-refractivity contribution in [2.24, 2.45) is 11.7 Å². The van der Waals surface area contributed by atoms with Gasteiger partial charge in [-0.05, 0) is 24.5 Å². The summed E-state index contributed by atoms with van der Waals surface area (Å²) in [6.07, 6.45) is 2.27. The van der Waals surface area contributed by atoms with Crippen LogP contribution in [0.15, 0.2) is 46.5 Å². The van der Waals surface area contributed by atoms with Crippen LogP contribution in [0.4, 0.5) is 0 Å². The van der Waals surface area contributed by atoms with Crippen LogP contribution in [0.2, 0.25) is 0 Å². The zero-order chi connectivity index (χ0) is 14.5. The van der Waals surface area contributed by atoms with Gasteiger partial charge in [0.25, 0.3) is 5.91 Å². The van der Waals surface area contributed by atoms with Crippen molar-refractivity contribution in [3.05, 3.63) is 47.9 Å². The summed E-state index contributed by atoms with van der Waals surface area (Å²) >= 11 is 1.51. The fourth-order valence-corrected chi connectivity index (χ4v) is 2.64. The van der Waals surface area contributed by atoms with Crippen LogP contribution in [0.5, 0.6) is 0 Å². The first kappa shape index (κ1) is 14.5. The van der Waals surface area contributed by atoms with E-state index < -0.39 is 5.91 Å². The number of nitrogens with zero attached hydrogens (tertiary/aromatic N) is 2. The fraction of sp³-hybridized carbons (Fsp3) is 0.267. The van der Waals surface area contributed by atoms with Gasteiger partial charge in [0.15, 0.2) is 0 Å². The van der Waals surface area contributed by atoms with Gasteiger partial charge in [0.1, 0.15) is 10.7 Å². The summed E-state index contributed by atoms with van der Waals surface area (Å²) in [5.74, 6) is -0.0811. The van der Waals surface area contributed by atoms with Crippen molar-refractivity contribution < 1.29 is 4.79 Å². The Kier molecular flexibility index (Phi) is 4.74. The zero-order valence-corrected chi connectivity index (χ0v) is 12.4. The van der Waals surface area contributed by atoms with Crippen LogP contribution in [-0.2, 0) is 6.42 Å². The van der Waals surface area contributed by atoms with Crippen molar-refractivity contribution in [2.45, 2.75) is 30.2 Å². The number of benzene rings is 1. The fourth-order valence-electron chi connectivity index (χ4n) is 1.72. The number of carbonyl (C=O) groups excluding carboxylic acids is 1. The van der Waals surface area contributed by atoms with E-state index in [4.69, 9.17) is 5.73 Å². The van der Waals surface area contributed by atoms with E-state index in [0.29, 0.717) is 5.92 Å². The summed E-state index contributed by atoms with van der Waals surface area (Å²) in [6, 6.07) is 9.90. The lowest BCUT2D eigenvalue weighted by molar-refractivity contribution is 0.0994. The molecular weight excluding hydrogens is 270 g/mol. The van der Waals surface area contributed by atoms with Crippen molar-refractivity contribution in [3.8, 4) is 0 Å². The molecule has 4 nitrogen and oxygen atoms in total. The molecule has 0 bridgehead atoms. The highest BCUT2D eigenvalue weighted by atomic mass is 32.2. The van der Waals surface area contributed by atoms with E-state index >= 15 is 0 Å². The highest BCUT2D eigenvalue weighted by molar-refractivity contribution is 7.99. The van der Waals surface area contributed by atoms with E-state index in [1.807, 2.05) is 30.3 Å². The maximum Gasteiger partial charge on any atom is 0.268 e. The smallest absolute Gasteiger partial charge is 0.268 e. The molecule has 1 heterocycles. The Morgan fingerprint density at radius 1 is 1.30 bits per heavy atom. The maximum absolute atomic E-state index is 11.2. The van der Waals surface area contributed by atoms with Crippen LogP contribution < -0.4 is 5.73 Å². The van der Waals surface area contributed by atoms with E-state index in [9.17, 15) is 4.79 Å². The maximum atomic E-state index is 11.2. The second-order valence-electron chi connectivity index (χ2n) is 4.88. The molecule has 0 fully saturated rings. The Labute approximate surface area is 122 Å². The lowest BCUT2D eigenvalue weighted by atomic mass is 10.1. The highest BCUT2D eigenvalue weighted by Gasteiger charge is 2.13. The molecule has 0 aliphatic heterocycles. The Hall–Kier alpha value is -1.88. The molecule has 1 aromatic heterocycles. The number of amides is 1. The first-order chi connectivity index (χ1) is 9.56. The lowest BCUT2D eigenvalue weighted by Gasteiger charge is -2.10. The van der Waals surface area contributed by atoms with Crippen molar-refractivity contribution in [3.63, 3.8) is 0 Å². The molecule has 2 N–H and O–H groups in total. The number of hydrogen-bond acceptors (Lipinski definition) is 4. The highest BCUT2D eigenvalue weighted by Crippen LogP contribution is 2.29. The summed E-state index contributed by atoms with van der Waals surface area (Å²) in [5, 5.41) is 0.751. The summed E-state index contributed by atoms with van der Waals surface area (Å²) in [4.78, 5) is 21.0. The first-order valence-electron chi connectivity index (χ1n) is 6.45. The van der Waals surface area contributed by atoms with Crippen molar-refractivity contribution in [1.29, 1.82) is 0 Å². The van der Waals surface area contributed by atoms with Crippen LogP contribution in [0.25, 0.3) is 0 Å². The van der Waals surface area contributed by atoms with Gasteiger partial charge < -0.3 is 5.73 Å². The van der Waals surface area contributed by atoms with Gasteiger partial charge in [0.05, 0.1) is 11.9 Å². The minimum Gasteiger partial charge on any atom is -0.364 e. The molecule has 2 aromatic rings. The van der Waals surface area contributed by atoms with E-state index in [1.165, 1.54) is 18.0 Å². The molecule has 2 rings (SSSR count). The van der Waals surface area contributed by atoms with Gasteiger partial charge in [0.2, 0.25) is 0 Å². The molecule has 0 saturated carbocycles. The van der Waals surface area contributed by atoms with Crippen LogP contribution in [-0.4, -0.2) is 15.9 Å². The topological polar surface area (TPSA) is 68.9 Å². The second kappa shape index (κ2) is 6.52. The number of nitrogens with two attached hydrogens (primary N) is 1. The molecule has 1 amide bonds. The zero-order valence-electron chi connectivity index (χ0n) is 11.5. The molecule has 0 atom stereocenters. The average molecular weight is 287 g/mol. The van der Waals surface area contributed by atoms with Crippen molar-refractivity contribution in [1.82, 2.24) is 9.97 Å². The van der Waals surface area contributed by atoms with Crippen molar-refractivity contribution >= 4 is 17.7 Å². The van der Waals surface area contributed by atoms with Gasteiger partial charge in [0, 0.05) is 4.90 Å². The summed E-state index contributed by atoms with van der Waals surface area (Å²) in [7, 11) is 0. The molecule has 1 aromatic carbocycles. The third-order valence-corrected chi connectivity index (χ3v) is 3.65. The summed E-state index contributed by atoms with van der Waals surface area (Å²) in [6.45, 7) is 4.25. The first-order valence-corrected chi connectivity index (χ1v) is 7.26. The molecule has 0 aliphatic carbocycles. The molecule has 0 saturated heterocycles. The van der Waals surface area contributed by atoms with Gasteiger partial charge in [-0.25, -0.2) is 4.98 Å². The van der Waals surface area contributed by atoms with Crippen LogP contribution >= 0.6 is 11.8 Å². The number of hydrogen-bond donors (Lipinski definition) is 1. The van der Waals surface area contributed by atoms with E-state index in [2.05, 4.69) is 23.8 Å². The average Bonchev–Trinajstić information content (AvgIpc) is 2.41. The molecule has 20 heavy (non-hydrogen) atoms. The third-order valence-electron chi connectivity index (χ3n) is 2.62. The normalized spacial score (nSPS) is 10.8. The van der Waals surface area contributed by atoms with Gasteiger partial charge in [-0.1, -0.05) is 43.8 Å². The van der Waals surface area contributed by atoms with Gasteiger partial charge in [-0.3, -0.25) is 9.78 Å². The molecule has 0 spiro atoms. The Morgan fingerprint density at radius 2 is 2.00 bits per heavy atom. The van der Waals surface area contributed by atoms with Gasteiger partial charge >= 0.3 is 0 Å². The van der Waals surface area contributed by atoms with E-state index in [1.54, 1.807) is 0 Å². The molecule has 104 valence electrons. The Balaban J connectivity index is 2.35. The quantitative estimate of drug-likeness (QED) is 0.918. The Bertz CT molecular complexity index is 599. The standard InChI is InChI=1S/C15H17N3OS/c1-10(2)8-12-15(18-13(9-17-12)14(16)19)20-11-6-4-3-5-7-11/h3-7,9-10H,8H2,1-2H3,(H2,16,19). The molecule has 0 radical (unpaired) electrons.